The van der Waals surface area contributed by atoms with E-state index in [2.05, 4.69) is 5.32 Å². The third-order valence-electron chi connectivity index (χ3n) is 3.70. The highest BCUT2D eigenvalue weighted by Gasteiger charge is 2.12. The fourth-order valence-electron chi connectivity index (χ4n) is 2.30. The average Bonchev–Trinajstić information content (AvgIpc) is 3.15. The van der Waals surface area contributed by atoms with E-state index in [4.69, 9.17) is 25.5 Å². The minimum absolute atomic E-state index is 0.190. The van der Waals surface area contributed by atoms with Crippen LogP contribution in [0.5, 0.6) is 11.5 Å². The molecule has 0 aliphatic heterocycles. The van der Waals surface area contributed by atoms with E-state index >= 15 is 0 Å². The molecule has 0 saturated heterocycles. The van der Waals surface area contributed by atoms with Crippen molar-refractivity contribution in [2.24, 2.45) is 0 Å². The molecule has 0 fully saturated rings. The summed E-state index contributed by atoms with van der Waals surface area (Å²) in [6, 6.07) is 18.0. The number of methoxy groups -OCH3 is 1. The summed E-state index contributed by atoms with van der Waals surface area (Å²) in [5.41, 5.74) is 0.966. The Hall–Kier alpha value is -2.92. The van der Waals surface area contributed by atoms with Crippen LogP contribution in [0.25, 0.3) is 0 Å². The predicted octanol–water partition coefficient (Wildman–Crippen LogP) is 4.45. The average molecular weight is 372 g/mol. The van der Waals surface area contributed by atoms with E-state index in [-0.39, 0.29) is 18.3 Å². The Morgan fingerprint density at radius 1 is 1.08 bits per heavy atom. The molecule has 1 heterocycles. The van der Waals surface area contributed by atoms with Gasteiger partial charge in [0.25, 0.3) is 5.91 Å². The van der Waals surface area contributed by atoms with Crippen LogP contribution in [0.1, 0.15) is 21.9 Å². The van der Waals surface area contributed by atoms with Crippen molar-refractivity contribution in [1.82, 2.24) is 5.32 Å². The molecule has 0 spiro atoms. The fourth-order valence-corrected chi connectivity index (χ4v) is 2.49. The lowest BCUT2D eigenvalue weighted by molar-refractivity contribution is 0.0919. The van der Waals surface area contributed by atoms with Gasteiger partial charge in [-0.3, -0.25) is 4.79 Å². The molecule has 1 amide bonds. The van der Waals surface area contributed by atoms with Crippen LogP contribution in [0.3, 0.4) is 0 Å². The van der Waals surface area contributed by atoms with Crippen LogP contribution >= 0.6 is 11.6 Å². The third-order valence-corrected chi connectivity index (χ3v) is 4.02. The lowest BCUT2D eigenvalue weighted by Crippen LogP contribution is -2.22. The number of hydrogen-bond acceptors (Lipinski definition) is 4. The summed E-state index contributed by atoms with van der Waals surface area (Å²) in [6.45, 7) is 0.588. The van der Waals surface area contributed by atoms with Crippen LogP contribution in [0.4, 0.5) is 0 Å². The van der Waals surface area contributed by atoms with Gasteiger partial charge in [0.15, 0.2) is 5.76 Å². The molecule has 0 atom stereocenters. The lowest BCUT2D eigenvalue weighted by Gasteiger charge is -2.06. The van der Waals surface area contributed by atoms with E-state index in [1.807, 2.05) is 36.4 Å². The summed E-state index contributed by atoms with van der Waals surface area (Å²) in [4.78, 5) is 12.2. The second kappa shape index (κ2) is 8.45. The molecule has 6 heteroatoms. The second-order valence-corrected chi connectivity index (χ2v) is 5.92. The number of carbonyl (C=O) groups excluding carboxylic acids is 1. The smallest absolute Gasteiger partial charge is 0.287 e. The summed E-state index contributed by atoms with van der Waals surface area (Å²) < 4.78 is 16.2. The van der Waals surface area contributed by atoms with E-state index < -0.39 is 0 Å². The second-order valence-electron chi connectivity index (χ2n) is 5.52. The number of rotatable bonds is 7. The van der Waals surface area contributed by atoms with Crippen LogP contribution in [0.2, 0.25) is 5.02 Å². The van der Waals surface area contributed by atoms with Gasteiger partial charge in [-0.15, -0.1) is 0 Å². The Morgan fingerprint density at radius 2 is 1.85 bits per heavy atom. The zero-order chi connectivity index (χ0) is 18.4. The summed E-state index contributed by atoms with van der Waals surface area (Å²) in [6.07, 6.45) is 0. The van der Waals surface area contributed by atoms with E-state index in [0.29, 0.717) is 23.1 Å². The molecule has 3 rings (SSSR count). The first-order chi connectivity index (χ1) is 12.7. The predicted molar refractivity (Wildman–Crippen MR) is 98.7 cm³/mol. The van der Waals surface area contributed by atoms with Gasteiger partial charge in [-0.25, -0.2) is 0 Å². The van der Waals surface area contributed by atoms with Crippen molar-refractivity contribution in [1.29, 1.82) is 0 Å². The maximum atomic E-state index is 12.2. The highest BCUT2D eigenvalue weighted by molar-refractivity contribution is 6.32. The van der Waals surface area contributed by atoms with Crippen LogP contribution < -0.4 is 14.8 Å². The van der Waals surface area contributed by atoms with Gasteiger partial charge in [-0.2, -0.15) is 0 Å². The van der Waals surface area contributed by atoms with Crippen molar-refractivity contribution in [2.45, 2.75) is 13.2 Å². The Kier molecular flexibility index (Phi) is 5.81. The zero-order valence-electron chi connectivity index (χ0n) is 14.2. The maximum Gasteiger partial charge on any atom is 0.287 e. The molecular weight excluding hydrogens is 354 g/mol. The van der Waals surface area contributed by atoms with Crippen molar-refractivity contribution < 1.29 is 18.7 Å². The molecule has 0 unspecified atom stereocenters. The number of ether oxygens (including phenoxy) is 2. The number of para-hydroxylation sites is 1. The van der Waals surface area contributed by atoms with Gasteiger partial charge in [0, 0.05) is 6.54 Å². The molecule has 0 radical (unpaired) electrons. The molecule has 2 aromatic carbocycles. The van der Waals surface area contributed by atoms with Gasteiger partial charge >= 0.3 is 0 Å². The molecule has 1 N–H and O–H groups in total. The molecule has 0 aliphatic rings. The van der Waals surface area contributed by atoms with Gasteiger partial charge in [0.05, 0.1) is 12.1 Å². The molecular formula is C20H18ClNO4. The zero-order valence-corrected chi connectivity index (χ0v) is 15.0. The summed E-state index contributed by atoms with van der Waals surface area (Å²) in [5.74, 6) is 1.82. The molecule has 134 valence electrons. The van der Waals surface area contributed by atoms with Crippen LogP contribution in [0.15, 0.2) is 65.1 Å². The van der Waals surface area contributed by atoms with Gasteiger partial charge in [-0.05, 0) is 42.0 Å². The number of halogens is 1. The van der Waals surface area contributed by atoms with E-state index in [1.54, 1.807) is 31.4 Å². The number of amides is 1. The molecule has 5 nitrogen and oxygen atoms in total. The number of nitrogens with one attached hydrogen (secondary N) is 1. The SMILES string of the molecule is COc1ccc(CNC(=O)c2ccc(COc3ccccc3Cl)o2)cc1. The van der Waals surface area contributed by atoms with E-state index in [9.17, 15) is 4.79 Å². The first kappa shape index (κ1) is 17.9. The Balaban J connectivity index is 1.53. The molecule has 3 aromatic rings. The highest BCUT2D eigenvalue weighted by Crippen LogP contribution is 2.24. The molecule has 0 bridgehead atoms. The first-order valence-electron chi connectivity index (χ1n) is 8.03. The van der Waals surface area contributed by atoms with Gasteiger partial charge < -0.3 is 19.2 Å². The monoisotopic (exact) mass is 371 g/mol. The third kappa shape index (κ3) is 4.58. The number of benzene rings is 2. The fraction of sp³-hybridized carbons (Fsp3) is 0.150. The van der Waals surface area contributed by atoms with Gasteiger partial charge in [0.1, 0.15) is 23.9 Å². The topological polar surface area (TPSA) is 60.7 Å². The number of carbonyl (C=O) groups is 1. The Bertz CT molecular complexity index is 874. The van der Waals surface area contributed by atoms with Crippen molar-refractivity contribution >= 4 is 17.5 Å². The summed E-state index contributed by atoms with van der Waals surface area (Å²) in [5, 5.41) is 3.34. The van der Waals surface area contributed by atoms with Crippen molar-refractivity contribution in [3.05, 3.63) is 82.8 Å². The summed E-state index contributed by atoms with van der Waals surface area (Å²) in [7, 11) is 1.61. The quantitative estimate of drug-likeness (QED) is 0.666. The number of furan rings is 1. The molecule has 26 heavy (non-hydrogen) atoms. The van der Waals surface area contributed by atoms with Crippen LogP contribution in [0, 0.1) is 0 Å². The number of hydrogen-bond donors (Lipinski definition) is 1. The van der Waals surface area contributed by atoms with Gasteiger partial charge in [-0.1, -0.05) is 35.9 Å². The van der Waals surface area contributed by atoms with Crippen molar-refractivity contribution in [3.8, 4) is 11.5 Å². The largest absolute Gasteiger partial charge is 0.497 e. The molecule has 1 aromatic heterocycles. The van der Waals surface area contributed by atoms with Crippen LogP contribution in [-0.4, -0.2) is 13.0 Å². The van der Waals surface area contributed by atoms with E-state index in [0.717, 1.165) is 11.3 Å². The lowest BCUT2D eigenvalue weighted by atomic mass is 10.2. The maximum absolute atomic E-state index is 12.2. The minimum Gasteiger partial charge on any atom is -0.497 e. The van der Waals surface area contributed by atoms with Gasteiger partial charge in [0.2, 0.25) is 0 Å². The molecule has 0 saturated carbocycles. The standard InChI is InChI=1S/C20H18ClNO4/c1-24-15-8-6-14(7-9-15)12-22-20(23)19-11-10-16(26-19)13-25-18-5-3-2-4-17(18)21/h2-11H,12-13H2,1H3,(H,22,23). The molecule has 0 aliphatic carbocycles. The van der Waals surface area contributed by atoms with Crippen LogP contribution in [-0.2, 0) is 13.2 Å². The van der Waals surface area contributed by atoms with Crippen molar-refractivity contribution in [3.63, 3.8) is 0 Å². The first-order valence-corrected chi connectivity index (χ1v) is 8.40. The summed E-state index contributed by atoms with van der Waals surface area (Å²) >= 11 is 6.04. The minimum atomic E-state index is -0.287. The normalized spacial score (nSPS) is 10.4. The Labute approximate surface area is 156 Å². The van der Waals surface area contributed by atoms with E-state index in [1.165, 1.54) is 0 Å². The Morgan fingerprint density at radius 3 is 2.58 bits per heavy atom. The highest BCUT2D eigenvalue weighted by atomic mass is 35.5. The van der Waals surface area contributed by atoms with Crippen molar-refractivity contribution in [2.75, 3.05) is 7.11 Å².